The molecule has 1 aromatic heterocycles. The van der Waals surface area contributed by atoms with Crippen molar-refractivity contribution in [1.82, 2.24) is 4.98 Å². The number of halogens is 1. The molecule has 0 aromatic carbocycles. The van der Waals surface area contributed by atoms with Crippen molar-refractivity contribution in [3.05, 3.63) is 24.0 Å². The van der Waals surface area contributed by atoms with Crippen molar-refractivity contribution in [2.45, 2.75) is 31.2 Å². The molecule has 0 radical (unpaired) electrons. The monoisotopic (exact) mass is 223 g/mol. The van der Waals surface area contributed by atoms with Crippen LogP contribution in [0.3, 0.4) is 0 Å². The Morgan fingerprint density at radius 3 is 2.87 bits per heavy atom. The van der Waals surface area contributed by atoms with E-state index in [0.29, 0.717) is 12.0 Å². The molecule has 0 N–H and O–H groups in total. The van der Waals surface area contributed by atoms with Crippen LogP contribution in [-0.4, -0.2) is 11.1 Å². The Hall–Kier alpha value is -0.760. The van der Waals surface area contributed by atoms with Gasteiger partial charge in [-0.25, -0.2) is 0 Å². The number of aromatic nitrogens is 1. The molecule has 0 spiro atoms. The van der Waals surface area contributed by atoms with Gasteiger partial charge < -0.3 is 4.74 Å². The third kappa shape index (κ3) is 1.96. The Labute approximate surface area is 94.6 Å². The molecule has 15 heavy (non-hydrogen) atoms. The van der Waals surface area contributed by atoms with Gasteiger partial charge in [-0.05, 0) is 37.2 Å². The molecular weight excluding hydrogens is 210 g/mol. The fourth-order valence-corrected chi connectivity index (χ4v) is 2.70. The van der Waals surface area contributed by atoms with Crippen LogP contribution in [0.15, 0.2) is 18.3 Å². The minimum atomic E-state index is 0.430. The molecule has 0 bridgehead atoms. The van der Waals surface area contributed by atoms with Crippen LogP contribution in [0.1, 0.15) is 25.0 Å². The van der Waals surface area contributed by atoms with E-state index in [4.69, 9.17) is 16.3 Å². The van der Waals surface area contributed by atoms with Crippen LogP contribution < -0.4 is 4.74 Å². The van der Waals surface area contributed by atoms with Crippen LogP contribution in [0, 0.1) is 11.8 Å². The lowest BCUT2D eigenvalue weighted by molar-refractivity contribution is 0.194. The average Bonchev–Trinajstić information content (AvgIpc) is 2.87. The molecular formula is C12H14ClNO. The van der Waals surface area contributed by atoms with Crippen molar-refractivity contribution in [3.8, 4) is 5.75 Å². The second-order valence-corrected chi connectivity index (χ2v) is 4.85. The first-order valence-electron chi connectivity index (χ1n) is 5.52. The number of hydrogen-bond donors (Lipinski definition) is 0. The van der Waals surface area contributed by atoms with Crippen molar-refractivity contribution in [3.63, 3.8) is 0 Å². The Bertz CT molecular complexity index is 358. The maximum Gasteiger partial charge on any atom is 0.123 e. The minimum absolute atomic E-state index is 0.430. The lowest BCUT2D eigenvalue weighted by Crippen LogP contribution is -2.13. The highest BCUT2D eigenvalue weighted by Crippen LogP contribution is 2.52. The first-order chi connectivity index (χ1) is 7.35. The second-order valence-electron chi connectivity index (χ2n) is 4.58. The molecule has 2 saturated carbocycles. The summed E-state index contributed by atoms with van der Waals surface area (Å²) in [6, 6.07) is 3.86. The Morgan fingerprint density at radius 2 is 2.13 bits per heavy atom. The minimum Gasteiger partial charge on any atom is -0.490 e. The van der Waals surface area contributed by atoms with Crippen molar-refractivity contribution < 1.29 is 4.74 Å². The van der Waals surface area contributed by atoms with E-state index in [9.17, 15) is 0 Å². The molecule has 0 saturated heterocycles. The van der Waals surface area contributed by atoms with E-state index in [-0.39, 0.29) is 0 Å². The van der Waals surface area contributed by atoms with Gasteiger partial charge in [0.05, 0.1) is 17.7 Å². The molecule has 0 amide bonds. The second kappa shape index (κ2) is 3.67. The summed E-state index contributed by atoms with van der Waals surface area (Å²) < 4.78 is 5.92. The molecule has 3 rings (SSSR count). The Morgan fingerprint density at radius 1 is 1.33 bits per heavy atom. The Kier molecular flexibility index (Phi) is 2.32. The zero-order valence-corrected chi connectivity index (χ0v) is 9.28. The maximum atomic E-state index is 5.92. The van der Waals surface area contributed by atoms with Crippen LogP contribution in [0.4, 0.5) is 0 Å². The molecule has 2 atom stereocenters. The SMILES string of the molecule is ClCc1cc(OC2CC3CC3C2)ccn1. The highest BCUT2D eigenvalue weighted by atomic mass is 35.5. The van der Waals surface area contributed by atoms with Gasteiger partial charge >= 0.3 is 0 Å². The average molecular weight is 224 g/mol. The van der Waals surface area contributed by atoms with Gasteiger partial charge in [-0.3, -0.25) is 4.98 Å². The first kappa shape index (κ1) is 9.46. The summed E-state index contributed by atoms with van der Waals surface area (Å²) in [5, 5.41) is 0. The Balaban J connectivity index is 1.65. The third-order valence-electron chi connectivity index (χ3n) is 3.43. The van der Waals surface area contributed by atoms with Gasteiger partial charge in [-0.2, -0.15) is 0 Å². The summed E-state index contributed by atoms with van der Waals surface area (Å²) in [6.45, 7) is 0. The summed E-state index contributed by atoms with van der Waals surface area (Å²) in [7, 11) is 0. The zero-order valence-electron chi connectivity index (χ0n) is 8.53. The van der Waals surface area contributed by atoms with Crippen LogP contribution >= 0.6 is 11.6 Å². The number of rotatable bonds is 3. The quantitative estimate of drug-likeness (QED) is 0.735. The fourth-order valence-electron chi connectivity index (χ4n) is 2.55. The van der Waals surface area contributed by atoms with E-state index in [1.807, 2.05) is 12.1 Å². The highest BCUT2D eigenvalue weighted by molar-refractivity contribution is 6.16. The number of pyridine rings is 1. The lowest BCUT2D eigenvalue weighted by Gasteiger charge is -2.15. The topological polar surface area (TPSA) is 22.1 Å². The third-order valence-corrected chi connectivity index (χ3v) is 3.70. The van der Waals surface area contributed by atoms with E-state index in [2.05, 4.69) is 4.98 Å². The van der Waals surface area contributed by atoms with Gasteiger partial charge in [0.1, 0.15) is 5.75 Å². The van der Waals surface area contributed by atoms with Crippen molar-refractivity contribution in [1.29, 1.82) is 0 Å². The van der Waals surface area contributed by atoms with Crippen molar-refractivity contribution >= 4 is 11.6 Å². The van der Waals surface area contributed by atoms with E-state index < -0.39 is 0 Å². The van der Waals surface area contributed by atoms with Crippen molar-refractivity contribution in [2.24, 2.45) is 11.8 Å². The van der Waals surface area contributed by atoms with E-state index in [1.54, 1.807) is 6.20 Å². The fraction of sp³-hybridized carbons (Fsp3) is 0.583. The number of nitrogens with zero attached hydrogens (tertiary/aromatic N) is 1. The summed E-state index contributed by atoms with van der Waals surface area (Å²) in [5.74, 6) is 3.30. The molecule has 2 fully saturated rings. The molecule has 2 aliphatic carbocycles. The zero-order chi connectivity index (χ0) is 10.3. The van der Waals surface area contributed by atoms with Crippen LogP contribution in [0.5, 0.6) is 5.75 Å². The number of ether oxygens (including phenoxy) is 1. The normalized spacial score (nSPS) is 32.5. The summed E-state index contributed by atoms with van der Waals surface area (Å²) >= 11 is 5.73. The lowest BCUT2D eigenvalue weighted by atomic mass is 10.2. The molecule has 1 aromatic rings. The smallest absolute Gasteiger partial charge is 0.123 e. The molecule has 1 heterocycles. The van der Waals surface area contributed by atoms with Gasteiger partial charge in [-0.1, -0.05) is 0 Å². The number of hydrogen-bond acceptors (Lipinski definition) is 2. The van der Waals surface area contributed by atoms with Crippen LogP contribution in [0.25, 0.3) is 0 Å². The molecule has 2 aliphatic rings. The summed E-state index contributed by atoms with van der Waals surface area (Å²) in [5.41, 5.74) is 0.886. The van der Waals surface area contributed by atoms with Crippen molar-refractivity contribution in [2.75, 3.05) is 0 Å². The molecule has 0 aliphatic heterocycles. The van der Waals surface area contributed by atoms with Gasteiger partial charge in [-0.15, -0.1) is 11.6 Å². The molecule has 2 nitrogen and oxygen atoms in total. The van der Waals surface area contributed by atoms with Gasteiger partial charge in [0.15, 0.2) is 0 Å². The predicted molar refractivity (Wildman–Crippen MR) is 59.0 cm³/mol. The maximum absolute atomic E-state index is 5.92. The van der Waals surface area contributed by atoms with Crippen LogP contribution in [-0.2, 0) is 5.88 Å². The van der Waals surface area contributed by atoms with E-state index in [0.717, 1.165) is 23.3 Å². The number of alkyl halides is 1. The summed E-state index contributed by atoms with van der Waals surface area (Å²) in [6.07, 6.45) is 6.11. The van der Waals surface area contributed by atoms with Gasteiger partial charge in [0.2, 0.25) is 0 Å². The molecule has 2 unspecified atom stereocenters. The van der Waals surface area contributed by atoms with E-state index in [1.165, 1.54) is 19.3 Å². The van der Waals surface area contributed by atoms with Gasteiger partial charge in [0.25, 0.3) is 0 Å². The highest BCUT2D eigenvalue weighted by Gasteiger charge is 2.46. The first-order valence-corrected chi connectivity index (χ1v) is 6.06. The largest absolute Gasteiger partial charge is 0.490 e. The van der Waals surface area contributed by atoms with E-state index >= 15 is 0 Å². The summed E-state index contributed by atoms with van der Waals surface area (Å²) in [4.78, 5) is 4.14. The predicted octanol–water partition coefficient (Wildman–Crippen LogP) is 3.00. The number of fused-ring (bicyclic) bond motifs is 1. The van der Waals surface area contributed by atoms with Crippen LogP contribution in [0.2, 0.25) is 0 Å². The standard InChI is InChI=1S/C12H14ClNO/c13-7-10-6-11(1-2-14-10)15-12-4-8-3-9(8)5-12/h1-2,6,8-9,12H,3-5,7H2. The molecule has 80 valence electrons. The van der Waals surface area contributed by atoms with Gasteiger partial charge in [0, 0.05) is 12.3 Å². The molecule has 3 heteroatoms.